The highest BCUT2D eigenvalue weighted by molar-refractivity contribution is 5.39. The number of aliphatic hydroxyl groups is 1. The summed E-state index contributed by atoms with van der Waals surface area (Å²) in [5.74, 6) is 0.610. The maximum absolute atomic E-state index is 9.93. The molecular formula is C14H23NO2. The van der Waals surface area contributed by atoms with E-state index in [2.05, 4.69) is 13.8 Å². The molecule has 0 amide bonds. The fraction of sp³-hybridized carbons (Fsp3) is 0.571. The van der Waals surface area contributed by atoms with Gasteiger partial charge in [0.05, 0.1) is 12.7 Å². The molecule has 3 heteroatoms. The van der Waals surface area contributed by atoms with Crippen molar-refractivity contribution in [3.63, 3.8) is 0 Å². The quantitative estimate of drug-likeness (QED) is 0.748. The number of hydrogen-bond donors (Lipinski definition) is 2. The Balaban J connectivity index is 2.39. The van der Waals surface area contributed by atoms with Gasteiger partial charge in [-0.05, 0) is 37.0 Å². The number of nitrogens with two attached hydrogens (primary N) is 1. The molecule has 0 heterocycles. The van der Waals surface area contributed by atoms with Crippen molar-refractivity contribution in [2.24, 2.45) is 5.92 Å². The molecule has 1 aromatic rings. The molecular weight excluding hydrogens is 214 g/mol. The van der Waals surface area contributed by atoms with Crippen molar-refractivity contribution >= 4 is 5.69 Å². The zero-order chi connectivity index (χ0) is 12.8. The van der Waals surface area contributed by atoms with Crippen LogP contribution in [-0.4, -0.2) is 17.8 Å². The Labute approximate surface area is 104 Å². The minimum atomic E-state index is -0.579. The molecule has 0 bridgehead atoms. The van der Waals surface area contributed by atoms with E-state index in [1.54, 1.807) is 12.1 Å². The predicted molar refractivity (Wildman–Crippen MR) is 70.7 cm³/mol. The summed E-state index contributed by atoms with van der Waals surface area (Å²) in [4.78, 5) is 0. The molecule has 0 saturated carbocycles. The van der Waals surface area contributed by atoms with Gasteiger partial charge in [0.2, 0.25) is 0 Å². The van der Waals surface area contributed by atoms with Crippen LogP contribution in [0.25, 0.3) is 0 Å². The lowest BCUT2D eigenvalue weighted by Crippen LogP contribution is -2.16. The fourth-order valence-corrected chi connectivity index (χ4v) is 1.80. The molecule has 0 aliphatic carbocycles. The molecule has 2 unspecified atom stereocenters. The maximum Gasteiger partial charge on any atom is 0.102 e. The van der Waals surface area contributed by atoms with Crippen molar-refractivity contribution in [1.29, 1.82) is 0 Å². The molecule has 0 fully saturated rings. The lowest BCUT2D eigenvalue weighted by Gasteiger charge is -2.18. The van der Waals surface area contributed by atoms with E-state index >= 15 is 0 Å². The van der Waals surface area contributed by atoms with Gasteiger partial charge in [0.25, 0.3) is 0 Å². The molecule has 1 aromatic carbocycles. The highest BCUT2D eigenvalue weighted by Crippen LogP contribution is 2.16. The van der Waals surface area contributed by atoms with Crippen LogP contribution >= 0.6 is 0 Å². The van der Waals surface area contributed by atoms with Crippen LogP contribution in [-0.2, 0) is 4.74 Å². The lowest BCUT2D eigenvalue weighted by atomic mass is 10.1. The smallest absolute Gasteiger partial charge is 0.102 e. The predicted octanol–water partition coefficient (Wildman–Crippen LogP) is 2.75. The van der Waals surface area contributed by atoms with Crippen LogP contribution in [0, 0.1) is 5.92 Å². The van der Waals surface area contributed by atoms with Crippen molar-refractivity contribution in [2.45, 2.75) is 39.4 Å². The van der Waals surface area contributed by atoms with Gasteiger partial charge in [0.15, 0.2) is 0 Å². The first-order valence-corrected chi connectivity index (χ1v) is 6.14. The van der Waals surface area contributed by atoms with E-state index in [1.165, 1.54) is 0 Å². The summed E-state index contributed by atoms with van der Waals surface area (Å²) in [6.07, 6.45) is 0.609. The third kappa shape index (κ3) is 5.20. The Morgan fingerprint density at radius 1 is 1.18 bits per heavy atom. The van der Waals surface area contributed by atoms with E-state index in [0.717, 1.165) is 12.0 Å². The van der Waals surface area contributed by atoms with Gasteiger partial charge in [-0.3, -0.25) is 0 Å². The topological polar surface area (TPSA) is 55.5 Å². The highest BCUT2D eigenvalue weighted by atomic mass is 16.5. The molecule has 2 atom stereocenters. The molecule has 0 saturated heterocycles. The van der Waals surface area contributed by atoms with Gasteiger partial charge < -0.3 is 15.6 Å². The second kappa shape index (κ2) is 6.62. The van der Waals surface area contributed by atoms with Gasteiger partial charge in [-0.2, -0.15) is 0 Å². The number of rotatable bonds is 6. The zero-order valence-corrected chi connectivity index (χ0v) is 10.9. The minimum Gasteiger partial charge on any atom is -0.399 e. The molecule has 1 rings (SSSR count). The minimum absolute atomic E-state index is 0.179. The normalized spacial score (nSPS) is 14.9. The van der Waals surface area contributed by atoms with Crippen LogP contribution in [0.4, 0.5) is 5.69 Å². The Kier molecular flexibility index (Phi) is 5.45. The SMILES string of the molecule is CC(C)CC(C)OCC(O)c1ccc(N)cc1. The number of aliphatic hydroxyl groups excluding tert-OH is 1. The third-order valence-electron chi connectivity index (χ3n) is 2.66. The van der Waals surface area contributed by atoms with Crippen LogP contribution < -0.4 is 5.73 Å². The highest BCUT2D eigenvalue weighted by Gasteiger charge is 2.11. The number of ether oxygens (including phenoxy) is 1. The van der Waals surface area contributed by atoms with Gasteiger partial charge in [-0.15, -0.1) is 0 Å². The molecule has 3 nitrogen and oxygen atoms in total. The molecule has 17 heavy (non-hydrogen) atoms. The first-order valence-electron chi connectivity index (χ1n) is 6.14. The fourth-order valence-electron chi connectivity index (χ4n) is 1.80. The van der Waals surface area contributed by atoms with E-state index in [9.17, 15) is 5.11 Å². The number of benzene rings is 1. The molecule has 0 radical (unpaired) electrons. The Morgan fingerprint density at radius 2 is 1.76 bits per heavy atom. The molecule has 0 spiro atoms. The van der Waals surface area contributed by atoms with Crippen LogP contribution in [0.15, 0.2) is 24.3 Å². The third-order valence-corrected chi connectivity index (χ3v) is 2.66. The van der Waals surface area contributed by atoms with Crippen molar-refractivity contribution in [1.82, 2.24) is 0 Å². The molecule has 0 aliphatic heterocycles. The molecule has 0 aromatic heterocycles. The van der Waals surface area contributed by atoms with E-state index in [0.29, 0.717) is 18.2 Å². The van der Waals surface area contributed by atoms with Crippen LogP contribution in [0.3, 0.4) is 0 Å². The van der Waals surface area contributed by atoms with E-state index in [1.807, 2.05) is 19.1 Å². The van der Waals surface area contributed by atoms with Crippen LogP contribution in [0.2, 0.25) is 0 Å². The Morgan fingerprint density at radius 3 is 2.29 bits per heavy atom. The van der Waals surface area contributed by atoms with E-state index < -0.39 is 6.10 Å². The van der Waals surface area contributed by atoms with Gasteiger partial charge in [0, 0.05) is 5.69 Å². The molecule has 3 N–H and O–H groups in total. The van der Waals surface area contributed by atoms with Gasteiger partial charge in [-0.25, -0.2) is 0 Å². The van der Waals surface area contributed by atoms with Crippen molar-refractivity contribution < 1.29 is 9.84 Å². The van der Waals surface area contributed by atoms with Crippen LogP contribution in [0.5, 0.6) is 0 Å². The summed E-state index contributed by atoms with van der Waals surface area (Å²) in [6.45, 7) is 6.69. The standard InChI is InChI=1S/C14H23NO2/c1-10(2)8-11(3)17-9-14(16)12-4-6-13(15)7-5-12/h4-7,10-11,14,16H,8-9,15H2,1-3H3. The van der Waals surface area contributed by atoms with E-state index in [4.69, 9.17) is 10.5 Å². The zero-order valence-electron chi connectivity index (χ0n) is 10.9. The maximum atomic E-state index is 9.93. The first kappa shape index (κ1) is 14.0. The average molecular weight is 237 g/mol. The number of anilines is 1. The summed E-state index contributed by atoms with van der Waals surface area (Å²) in [5, 5.41) is 9.93. The lowest BCUT2D eigenvalue weighted by molar-refractivity contribution is -0.0101. The second-order valence-corrected chi connectivity index (χ2v) is 4.96. The largest absolute Gasteiger partial charge is 0.399 e. The second-order valence-electron chi connectivity index (χ2n) is 4.96. The summed E-state index contributed by atoms with van der Waals surface area (Å²) in [6, 6.07) is 7.24. The Hall–Kier alpha value is -1.06. The van der Waals surface area contributed by atoms with Gasteiger partial charge in [-0.1, -0.05) is 26.0 Å². The summed E-state index contributed by atoms with van der Waals surface area (Å²) in [7, 11) is 0. The summed E-state index contributed by atoms with van der Waals surface area (Å²) in [5.41, 5.74) is 7.14. The molecule has 0 aliphatic rings. The van der Waals surface area contributed by atoms with Crippen molar-refractivity contribution in [2.75, 3.05) is 12.3 Å². The van der Waals surface area contributed by atoms with Crippen LogP contribution in [0.1, 0.15) is 38.9 Å². The molecule has 96 valence electrons. The average Bonchev–Trinajstić information content (AvgIpc) is 2.26. The summed E-state index contributed by atoms with van der Waals surface area (Å²) < 4.78 is 5.62. The number of nitrogen functional groups attached to an aromatic ring is 1. The Bertz CT molecular complexity index is 321. The first-order chi connectivity index (χ1) is 7.99. The van der Waals surface area contributed by atoms with Crippen molar-refractivity contribution in [3.8, 4) is 0 Å². The number of hydrogen-bond acceptors (Lipinski definition) is 3. The van der Waals surface area contributed by atoms with Crippen molar-refractivity contribution in [3.05, 3.63) is 29.8 Å². The van der Waals surface area contributed by atoms with E-state index in [-0.39, 0.29) is 6.10 Å². The van der Waals surface area contributed by atoms with Gasteiger partial charge in [0.1, 0.15) is 6.10 Å². The monoisotopic (exact) mass is 237 g/mol. The summed E-state index contributed by atoms with van der Waals surface area (Å²) >= 11 is 0. The van der Waals surface area contributed by atoms with Gasteiger partial charge >= 0.3 is 0 Å².